The van der Waals surface area contributed by atoms with Crippen molar-refractivity contribution in [2.24, 2.45) is 22.7 Å². The van der Waals surface area contributed by atoms with E-state index in [1.165, 1.54) is 6.42 Å². The van der Waals surface area contributed by atoms with Gasteiger partial charge in [0.1, 0.15) is 25.4 Å². The molecule has 0 aromatic rings. The molecule has 0 aromatic heterocycles. The molecule has 4 aliphatic carbocycles. The maximum atomic E-state index is 12.4. The lowest BCUT2D eigenvalue weighted by atomic mass is 9.43. The fraction of sp³-hybridized carbons (Fsp3) is 0.900. The van der Waals surface area contributed by atoms with Crippen LogP contribution in [-0.4, -0.2) is 50.6 Å². The second kappa shape index (κ2) is 6.20. The van der Waals surface area contributed by atoms with Crippen molar-refractivity contribution in [1.82, 2.24) is 0 Å². The summed E-state index contributed by atoms with van der Waals surface area (Å²) in [5, 5.41) is 0. The van der Waals surface area contributed by atoms with Gasteiger partial charge in [-0.05, 0) is 61.2 Å². The minimum Gasteiger partial charge on any atom is -0.463 e. The normalized spacial score (nSPS) is 44.6. The third kappa shape index (κ3) is 3.63. The molecule has 26 heavy (non-hydrogen) atoms. The van der Waals surface area contributed by atoms with Crippen LogP contribution in [-0.2, 0) is 28.5 Å². The molecule has 6 nitrogen and oxygen atoms in total. The topological polar surface area (TPSA) is 77.7 Å². The number of hydrogen-bond acceptors (Lipinski definition) is 6. The van der Waals surface area contributed by atoms with Crippen molar-refractivity contribution in [3.05, 3.63) is 0 Å². The van der Waals surface area contributed by atoms with E-state index in [0.29, 0.717) is 51.1 Å². The highest BCUT2D eigenvalue weighted by Crippen LogP contribution is 2.67. The molecule has 6 rings (SSSR count). The number of hydrogen-bond donors (Lipinski definition) is 0. The predicted molar refractivity (Wildman–Crippen MR) is 90.2 cm³/mol. The van der Waals surface area contributed by atoms with E-state index in [0.717, 1.165) is 32.1 Å². The molecule has 6 heteroatoms. The first-order valence-electron chi connectivity index (χ1n) is 10.1. The van der Waals surface area contributed by atoms with Crippen LogP contribution in [0.5, 0.6) is 0 Å². The van der Waals surface area contributed by atoms with Gasteiger partial charge in [0.2, 0.25) is 0 Å². The van der Waals surface area contributed by atoms with Crippen LogP contribution in [0.3, 0.4) is 0 Å². The summed E-state index contributed by atoms with van der Waals surface area (Å²) in [6, 6.07) is 0. The van der Waals surface area contributed by atoms with Crippen LogP contribution in [0.1, 0.15) is 51.4 Å². The summed E-state index contributed by atoms with van der Waals surface area (Å²) in [6.07, 6.45) is 7.93. The zero-order chi connectivity index (χ0) is 17.8. The van der Waals surface area contributed by atoms with Gasteiger partial charge in [0, 0.05) is 0 Å². The molecule has 0 radical (unpaired) electrons. The fourth-order valence-electron chi connectivity index (χ4n) is 6.48. The molecule has 6 fully saturated rings. The maximum Gasteiger partial charge on any atom is 0.306 e. The van der Waals surface area contributed by atoms with Crippen molar-refractivity contribution in [2.45, 2.75) is 63.6 Å². The molecule has 4 saturated carbocycles. The van der Waals surface area contributed by atoms with Crippen LogP contribution in [0, 0.1) is 22.7 Å². The molecular weight excluding hydrogens is 336 g/mol. The number of esters is 2. The van der Waals surface area contributed by atoms with Gasteiger partial charge in [-0.3, -0.25) is 9.59 Å². The molecule has 0 N–H and O–H groups in total. The van der Waals surface area contributed by atoms with E-state index in [4.69, 9.17) is 18.9 Å². The molecule has 0 amide bonds. The van der Waals surface area contributed by atoms with Crippen molar-refractivity contribution in [3.8, 4) is 0 Å². The minimum absolute atomic E-state index is 0.0332. The maximum absolute atomic E-state index is 12.4. The Balaban J connectivity index is 1.23. The Morgan fingerprint density at radius 1 is 0.808 bits per heavy atom. The summed E-state index contributed by atoms with van der Waals surface area (Å²) in [7, 11) is 0. The zero-order valence-electron chi connectivity index (χ0n) is 15.2. The number of epoxide rings is 2. The Labute approximate surface area is 153 Å². The van der Waals surface area contributed by atoms with Crippen molar-refractivity contribution in [3.63, 3.8) is 0 Å². The molecule has 144 valence electrons. The van der Waals surface area contributed by atoms with Crippen LogP contribution in [0.4, 0.5) is 0 Å². The minimum atomic E-state index is -0.0916. The van der Waals surface area contributed by atoms with Crippen molar-refractivity contribution < 1.29 is 28.5 Å². The highest BCUT2D eigenvalue weighted by Gasteiger charge is 2.58. The Kier molecular flexibility index (Phi) is 4.05. The molecule has 2 unspecified atom stereocenters. The van der Waals surface area contributed by atoms with Crippen molar-refractivity contribution in [2.75, 3.05) is 26.4 Å². The van der Waals surface area contributed by atoms with Crippen LogP contribution in [0.25, 0.3) is 0 Å². The lowest BCUT2D eigenvalue weighted by molar-refractivity contribution is -0.166. The lowest BCUT2D eigenvalue weighted by Gasteiger charge is -2.62. The monoisotopic (exact) mass is 364 g/mol. The first-order valence-corrected chi connectivity index (χ1v) is 10.1. The Hall–Kier alpha value is -1.14. The Morgan fingerprint density at radius 2 is 1.23 bits per heavy atom. The Morgan fingerprint density at radius 3 is 1.62 bits per heavy atom. The van der Waals surface area contributed by atoms with Crippen LogP contribution in [0.2, 0.25) is 0 Å². The first-order chi connectivity index (χ1) is 12.5. The summed E-state index contributed by atoms with van der Waals surface area (Å²) >= 11 is 0. The van der Waals surface area contributed by atoms with Gasteiger partial charge in [-0.15, -0.1) is 0 Å². The molecule has 4 bridgehead atoms. The van der Waals surface area contributed by atoms with Gasteiger partial charge < -0.3 is 18.9 Å². The van der Waals surface area contributed by atoms with Gasteiger partial charge in [0.05, 0.1) is 26.1 Å². The van der Waals surface area contributed by atoms with Gasteiger partial charge in [0.25, 0.3) is 0 Å². The van der Waals surface area contributed by atoms with Gasteiger partial charge >= 0.3 is 11.9 Å². The van der Waals surface area contributed by atoms with E-state index in [1.54, 1.807) is 0 Å². The zero-order valence-corrected chi connectivity index (χ0v) is 15.2. The van der Waals surface area contributed by atoms with Crippen LogP contribution in [0.15, 0.2) is 0 Å². The first kappa shape index (κ1) is 17.0. The highest BCUT2D eigenvalue weighted by molar-refractivity contribution is 5.71. The molecular formula is C20H28O6. The predicted octanol–water partition coefficient (Wildman–Crippen LogP) is 2.24. The van der Waals surface area contributed by atoms with E-state index in [9.17, 15) is 9.59 Å². The highest BCUT2D eigenvalue weighted by atomic mass is 16.6. The largest absolute Gasteiger partial charge is 0.463 e. The molecule has 6 aliphatic rings. The summed E-state index contributed by atoms with van der Waals surface area (Å²) in [6.45, 7) is 2.20. The summed E-state index contributed by atoms with van der Waals surface area (Å²) < 4.78 is 21.1. The third-order valence-corrected chi connectivity index (χ3v) is 7.01. The summed E-state index contributed by atoms with van der Waals surface area (Å²) in [5.41, 5.74) is 0.0664. The van der Waals surface area contributed by atoms with Crippen LogP contribution >= 0.6 is 0 Å². The van der Waals surface area contributed by atoms with E-state index >= 15 is 0 Å². The van der Waals surface area contributed by atoms with Crippen molar-refractivity contribution in [1.29, 1.82) is 0 Å². The fourth-order valence-corrected chi connectivity index (χ4v) is 6.48. The molecule has 2 aliphatic heterocycles. The second-order valence-electron chi connectivity index (χ2n) is 9.59. The molecule has 0 aromatic carbocycles. The average molecular weight is 364 g/mol. The summed E-state index contributed by atoms with van der Waals surface area (Å²) in [5.74, 6) is 1.11. The molecule has 2 saturated heterocycles. The smallest absolute Gasteiger partial charge is 0.306 e. The standard InChI is InChI=1S/C20H28O6/c21-17(25-10-15-8-23-15)6-19-2-13-1-14(4-19)5-20(3-13,12-19)7-18(22)26-11-16-9-24-16/h13-16H,1-12H2. The molecule has 0 spiro atoms. The van der Waals surface area contributed by atoms with Crippen LogP contribution < -0.4 is 0 Å². The van der Waals surface area contributed by atoms with Gasteiger partial charge in [-0.1, -0.05) is 0 Å². The SMILES string of the molecule is O=C(CC12CC3CC(C1)CC(CC(=O)OCC1CO1)(C3)C2)OCC1CO1. The van der Waals surface area contributed by atoms with E-state index in [-0.39, 0.29) is 35.0 Å². The Bertz CT molecular complexity index is 531. The number of carbonyl (C=O) groups is 2. The molecule has 2 atom stereocenters. The number of ether oxygens (including phenoxy) is 4. The lowest BCUT2D eigenvalue weighted by Crippen LogP contribution is -2.53. The number of carbonyl (C=O) groups excluding carboxylic acids is 2. The third-order valence-electron chi connectivity index (χ3n) is 7.01. The van der Waals surface area contributed by atoms with Gasteiger partial charge in [-0.25, -0.2) is 0 Å². The van der Waals surface area contributed by atoms with Gasteiger partial charge in [0.15, 0.2) is 0 Å². The second-order valence-corrected chi connectivity index (χ2v) is 9.59. The quantitative estimate of drug-likeness (QED) is 0.486. The van der Waals surface area contributed by atoms with Crippen molar-refractivity contribution >= 4 is 11.9 Å². The van der Waals surface area contributed by atoms with E-state index in [1.807, 2.05) is 0 Å². The summed E-state index contributed by atoms with van der Waals surface area (Å²) in [4.78, 5) is 24.8. The number of rotatable bonds is 8. The molecule has 2 heterocycles. The van der Waals surface area contributed by atoms with Gasteiger partial charge in [-0.2, -0.15) is 0 Å². The van der Waals surface area contributed by atoms with E-state index in [2.05, 4.69) is 0 Å². The average Bonchev–Trinajstić information content (AvgIpc) is 3.43. The van der Waals surface area contributed by atoms with E-state index < -0.39 is 0 Å².